The normalized spacial score (nSPS) is 13.7. The van der Waals surface area contributed by atoms with Crippen molar-refractivity contribution in [3.8, 4) is 0 Å². The van der Waals surface area contributed by atoms with Crippen LogP contribution in [-0.2, 0) is 61.7 Å². The third kappa shape index (κ3) is 24.4. The number of hydrogen-bond acceptors (Lipinski definition) is 15. The van der Waals surface area contributed by atoms with E-state index in [1.165, 1.54) is 13.8 Å². The smallest absolute Gasteiger partial charge is 0.461 e. The summed E-state index contributed by atoms with van der Waals surface area (Å²) in [5.74, 6) is -1.49. The third-order valence-corrected chi connectivity index (χ3v) is 5.46. The van der Waals surface area contributed by atoms with Gasteiger partial charge in [0, 0.05) is 0 Å². The van der Waals surface area contributed by atoms with Crippen LogP contribution in [0, 0.1) is 0 Å². The van der Waals surface area contributed by atoms with Gasteiger partial charge in [-0.1, -0.05) is 13.8 Å². The highest BCUT2D eigenvalue weighted by Crippen LogP contribution is 2.01. The maximum Gasteiger partial charge on any atom is 0.509 e. The standard InChI is InChI=1S/C28H50O15/c1-7-21(3)36-15-9-33-11-17-38-25(29)23(5)42-27(31)40-19-13-35-14-20-41-28(32)43-24(6)26(30)39-18-12-34-10-16-37-22(4)8-2/h21-24H,7-20H2,1-6H3/t21-,22-,23-,24-/m0/s1. The molecule has 0 heterocycles. The van der Waals surface area contributed by atoms with Crippen LogP contribution in [0.3, 0.4) is 0 Å². The van der Waals surface area contributed by atoms with Crippen molar-refractivity contribution in [2.45, 2.75) is 78.8 Å². The average molecular weight is 627 g/mol. The molecule has 0 fully saturated rings. The maximum atomic E-state index is 11.9. The lowest BCUT2D eigenvalue weighted by Crippen LogP contribution is -2.28. The van der Waals surface area contributed by atoms with Crippen molar-refractivity contribution < 1.29 is 71.3 Å². The lowest BCUT2D eigenvalue weighted by Gasteiger charge is -2.14. The molecule has 0 rings (SSSR count). The second kappa shape index (κ2) is 26.9. The van der Waals surface area contributed by atoms with Crippen molar-refractivity contribution in [2.75, 3.05) is 79.3 Å². The molecule has 15 nitrogen and oxygen atoms in total. The first kappa shape index (κ1) is 40.3. The van der Waals surface area contributed by atoms with Gasteiger partial charge in [0.1, 0.15) is 26.4 Å². The molecule has 0 saturated heterocycles. The molecule has 0 aromatic carbocycles. The number of carbonyl (C=O) groups excluding carboxylic acids is 4. The summed E-state index contributed by atoms with van der Waals surface area (Å²) in [5, 5.41) is 0. The second-order valence-electron chi connectivity index (χ2n) is 9.07. The number of ether oxygens (including phenoxy) is 11. The zero-order valence-electron chi connectivity index (χ0n) is 26.3. The Balaban J connectivity index is 3.73. The van der Waals surface area contributed by atoms with E-state index in [1.807, 2.05) is 27.7 Å². The highest BCUT2D eigenvalue weighted by atomic mass is 16.7. The summed E-state index contributed by atoms with van der Waals surface area (Å²) in [6, 6.07) is 0. The van der Waals surface area contributed by atoms with Gasteiger partial charge in [-0.25, -0.2) is 19.2 Å². The molecule has 0 spiro atoms. The summed E-state index contributed by atoms with van der Waals surface area (Å²) in [6.07, 6.45) is -2.35. The Kier molecular flexibility index (Phi) is 25.2. The van der Waals surface area contributed by atoms with E-state index in [1.54, 1.807) is 0 Å². The Labute approximate surface area is 253 Å². The van der Waals surface area contributed by atoms with Gasteiger partial charge < -0.3 is 52.1 Å². The fourth-order valence-corrected chi connectivity index (χ4v) is 2.62. The van der Waals surface area contributed by atoms with Crippen molar-refractivity contribution in [2.24, 2.45) is 0 Å². The Hall–Kier alpha value is -2.72. The summed E-state index contributed by atoms with van der Waals surface area (Å²) < 4.78 is 55.9. The molecule has 0 amide bonds. The van der Waals surface area contributed by atoms with Crippen molar-refractivity contribution in [3.63, 3.8) is 0 Å². The van der Waals surface area contributed by atoms with E-state index in [0.717, 1.165) is 12.8 Å². The monoisotopic (exact) mass is 626 g/mol. The van der Waals surface area contributed by atoms with Gasteiger partial charge in [0.2, 0.25) is 0 Å². The molecule has 0 saturated carbocycles. The molecule has 0 radical (unpaired) electrons. The summed E-state index contributed by atoms with van der Waals surface area (Å²) in [4.78, 5) is 47.1. The van der Waals surface area contributed by atoms with E-state index >= 15 is 0 Å². The van der Waals surface area contributed by atoms with Gasteiger partial charge >= 0.3 is 24.2 Å². The van der Waals surface area contributed by atoms with Crippen molar-refractivity contribution in [1.82, 2.24) is 0 Å². The number of carbonyl (C=O) groups is 4. The van der Waals surface area contributed by atoms with Crippen LogP contribution in [-0.4, -0.2) is 128 Å². The molecule has 0 aliphatic carbocycles. The molecule has 0 aliphatic rings. The molecule has 0 bridgehead atoms. The first-order valence-electron chi connectivity index (χ1n) is 14.6. The highest BCUT2D eigenvalue weighted by molar-refractivity contribution is 5.77. The minimum absolute atomic E-state index is 0.00211. The van der Waals surface area contributed by atoms with Crippen LogP contribution >= 0.6 is 0 Å². The van der Waals surface area contributed by atoms with Crippen LogP contribution in [0.1, 0.15) is 54.4 Å². The van der Waals surface area contributed by atoms with Crippen LogP contribution in [0.4, 0.5) is 9.59 Å². The number of esters is 2. The third-order valence-electron chi connectivity index (χ3n) is 5.46. The molecule has 4 atom stereocenters. The van der Waals surface area contributed by atoms with Gasteiger partial charge in [-0.2, -0.15) is 0 Å². The van der Waals surface area contributed by atoms with E-state index in [9.17, 15) is 19.2 Å². The van der Waals surface area contributed by atoms with Crippen LogP contribution in [0.5, 0.6) is 0 Å². The molecular formula is C28H50O15. The first-order valence-corrected chi connectivity index (χ1v) is 14.6. The van der Waals surface area contributed by atoms with Gasteiger partial charge in [-0.3, -0.25) is 0 Å². The molecule has 15 heteroatoms. The molecule has 0 aromatic heterocycles. The van der Waals surface area contributed by atoms with Crippen molar-refractivity contribution in [3.05, 3.63) is 0 Å². The molecule has 0 unspecified atom stereocenters. The summed E-state index contributed by atoms with van der Waals surface area (Å²) in [6.45, 7) is 12.3. The lowest BCUT2D eigenvalue weighted by atomic mass is 10.3. The predicted octanol–water partition coefficient (Wildman–Crippen LogP) is 2.84. The van der Waals surface area contributed by atoms with Crippen LogP contribution in [0.15, 0.2) is 0 Å². The number of rotatable bonds is 26. The maximum absolute atomic E-state index is 11.9. The highest BCUT2D eigenvalue weighted by Gasteiger charge is 2.21. The molecular weight excluding hydrogens is 576 g/mol. The minimum Gasteiger partial charge on any atom is -0.461 e. The van der Waals surface area contributed by atoms with Crippen molar-refractivity contribution >= 4 is 24.2 Å². The molecule has 252 valence electrons. The zero-order chi connectivity index (χ0) is 32.3. The fraction of sp³-hybridized carbons (Fsp3) is 0.857. The minimum atomic E-state index is -1.17. The van der Waals surface area contributed by atoms with Crippen LogP contribution in [0.25, 0.3) is 0 Å². The summed E-state index contributed by atoms with van der Waals surface area (Å²) in [5.41, 5.74) is 0. The van der Waals surface area contributed by atoms with Gasteiger partial charge in [0.25, 0.3) is 0 Å². The summed E-state index contributed by atoms with van der Waals surface area (Å²) >= 11 is 0. The van der Waals surface area contributed by atoms with E-state index < -0.39 is 36.5 Å². The Bertz CT molecular complexity index is 688. The van der Waals surface area contributed by atoms with E-state index in [2.05, 4.69) is 0 Å². The second-order valence-corrected chi connectivity index (χ2v) is 9.07. The van der Waals surface area contributed by atoms with E-state index in [-0.39, 0.29) is 65.1 Å². The summed E-state index contributed by atoms with van der Waals surface area (Å²) in [7, 11) is 0. The fourth-order valence-electron chi connectivity index (χ4n) is 2.62. The van der Waals surface area contributed by atoms with Crippen LogP contribution in [0.2, 0.25) is 0 Å². The topological polar surface area (TPSA) is 170 Å². The van der Waals surface area contributed by atoms with Gasteiger partial charge in [0.05, 0.1) is 65.1 Å². The van der Waals surface area contributed by atoms with Gasteiger partial charge in [-0.15, -0.1) is 0 Å². The van der Waals surface area contributed by atoms with E-state index in [0.29, 0.717) is 26.4 Å². The zero-order valence-corrected chi connectivity index (χ0v) is 26.3. The molecule has 0 N–H and O–H groups in total. The Morgan fingerprint density at radius 1 is 0.442 bits per heavy atom. The van der Waals surface area contributed by atoms with Crippen LogP contribution < -0.4 is 0 Å². The first-order chi connectivity index (χ1) is 20.6. The number of hydrogen-bond donors (Lipinski definition) is 0. The molecule has 0 aliphatic heterocycles. The van der Waals surface area contributed by atoms with Gasteiger partial charge in [-0.05, 0) is 40.5 Å². The van der Waals surface area contributed by atoms with Crippen molar-refractivity contribution in [1.29, 1.82) is 0 Å². The van der Waals surface area contributed by atoms with E-state index in [4.69, 9.17) is 52.1 Å². The predicted molar refractivity (Wildman–Crippen MR) is 150 cm³/mol. The Morgan fingerprint density at radius 3 is 1.07 bits per heavy atom. The molecule has 0 aromatic rings. The Morgan fingerprint density at radius 2 is 0.744 bits per heavy atom. The van der Waals surface area contributed by atoms with Gasteiger partial charge in [0.15, 0.2) is 12.2 Å². The average Bonchev–Trinajstić information content (AvgIpc) is 2.98. The largest absolute Gasteiger partial charge is 0.509 e. The lowest BCUT2D eigenvalue weighted by molar-refractivity contribution is -0.156. The molecule has 43 heavy (non-hydrogen) atoms. The quantitative estimate of drug-likeness (QED) is 0.0779. The SMILES string of the molecule is CC[C@H](C)OCCOCCOC(=O)[C@H](C)OC(=O)OCCOCCOC(=O)O[C@@H](C)C(=O)OCCOCCO[C@@H](C)CC.